The van der Waals surface area contributed by atoms with Crippen LogP contribution in [0, 0.1) is 0 Å². The number of amides is 2. The molecule has 1 aromatic carbocycles. The second-order valence-corrected chi connectivity index (χ2v) is 5.52. The number of primary amides is 1. The quantitative estimate of drug-likeness (QED) is 0.637. The Kier molecular flexibility index (Phi) is 6.21. The van der Waals surface area contributed by atoms with Gasteiger partial charge in [0.05, 0.1) is 7.11 Å². The summed E-state index contributed by atoms with van der Waals surface area (Å²) in [6.45, 7) is -1.30. The Balaban J connectivity index is 2.43. The third-order valence-electron chi connectivity index (χ3n) is 3.51. The minimum Gasteiger partial charge on any atom is -0.497 e. The molecule has 9 nitrogen and oxygen atoms in total. The van der Waals surface area contributed by atoms with Gasteiger partial charge in [-0.3, -0.25) is 24.2 Å². The van der Waals surface area contributed by atoms with E-state index in [1.165, 1.54) is 37.6 Å². The molecule has 2 amide bonds. The van der Waals surface area contributed by atoms with Crippen LogP contribution in [0.15, 0.2) is 42.6 Å². The van der Waals surface area contributed by atoms with Crippen molar-refractivity contribution in [3.8, 4) is 5.75 Å². The molecule has 0 saturated carbocycles. The van der Waals surface area contributed by atoms with Crippen molar-refractivity contribution < 1.29 is 29.0 Å². The Morgan fingerprint density at radius 3 is 2.37 bits per heavy atom. The molecule has 140 valence electrons. The Labute approximate surface area is 154 Å². The summed E-state index contributed by atoms with van der Waals surface area (Å²) < 4.78 is 5.12. The van der Waals surface area contributed by atoms with Crippen LogP contribution in [0.4, 0.5) is 0 Å². The molecule has 0 fully saturated rings. The molecule has 0 unspecified atom stereocenters. The summed E-state index contributed by atoms with van der Waals surface area (Å²) in [4.78, 5) is 52.2. The lowest BCUT2D eigenvalue weighted by atomic mass is 10.0. The number of carboxylic acids is 1. The van der Waals surface area contributed by atoms with Gasteiger partial charge in [0.25, 0.3) is 5.91 Å². The van der Waals surface area contributed by atoms with Crippen molar-refractivity contribution in [3.05, 3.63) is 59.4 Å². The number of ether oxygens (including phenoxy) is 1. The summed E-state index contributed by atoms with van der Waals surface area (Å²) in [5, 5.41) is 8.95. The molecule has 0 atom stereocenters. The molecular weight excluding hydrogens is 354 g/mol. The number of rotatable bonds is 8. The molecular formula is C18H17N3O6. The van der Waals surface area contributed by atoms with E-state index in [0.29, 0.717) is 0 Å². The fourth-order valence-corrected chi connectivity index (χ4v) is 2.35. The molecule has 0 bridgehead atoms. The van der Waals surface area contributed by atoms with E-state index in [4.69, 9.17) is 15.6 Å². The smallest absolute Gasteiger partial charge is 0.323 e. The van der Waals surface area contributed by atoms with Crippen molar-refractivity contribution in [3.63, 3.8) is 0 Å². The molecule has 0 radical (unpaired) electrons. The summed E-state index contributed by atoms with van der Waals surface area (Å²) in [6, 6.07) is 8.89. The highest BCUT2D eigenvalue weighted by Crippen LogP contribution is 2.20. The van der Waals surface area contributed by atoms with E-state index in [1.807, 2.05) is 0 Å². The number of hydrogen-bond acceptors (Lipinski definition) is 6. The van der Waals surface area contributed by atoms with Gasteiger partial charge in [-0.1, -0.05) is 6.07 Å². The van der Waals surface area contributed by atoms with Gasteiger partial charge in [0.2, 0.25) is 11.7 Å². The number of carbonyl (C=O) groups excluding carboxylic acids is 3. The Morgan fingerprint density at radius 2 is 1.81 bits per heavy atom. The van der Waals surface area contributed by atoms with Crippen molar-refractivity contribution in [2.75, 3.05) is 20.2 Å². The zero-order valence-electron chi connectivity index (χ0n) is 14.4. The van der Waals surface area contributed by atoms with Crippen LogP contribution in [0.5, 0.6) is 5.75 Å². The number of carboxylic acid groups (broad SMARTS) is 1. The van der Waals surface area contributed by atoms with E-state index in [1.54, 1.807) is 12.1 Å². The van der Waals surface area contributed by atoms with Crippen molar-refractivity contribution in [1.29, 1.82) is 0 Å². The Morgan fingerprint density at radius 1 is 1.11 bits per heavy atom. The number of carbonyl (C=O) groups is 4. The molecule has 1 heterocycles. The summed E-state index contributed by atoms with van der Waals surface area (Å²) in [5.41, 5.74) is 5.37. The van der Waals surface area contributed by atoms with E-state index < -0.39 is 36.7 Å². The normalized spacial score (nSPS) is 10.1. The van der Waals surface area contributed by atoms with Gasteiger partial charge in [-0.05, 0) is 30.3 Å². The van der Waals surface area contributed by atoms with E-state index in [9.17, 15) is 19.2 Å². The number of pyridine rings is 1. The lowest BCUT2D eigenvalue weighted by molar-refractivity contribution is -0.138. The van der Waals surface area contributed by atoms with Gasteiger partial charge in [0, 0.05) is 17.3 Å². The van der Waals surface area contributed by atoms with Gasteiger partial charge in [-0.15, -0.1) is 0 Å². The molecule has 2 rings (SSSR count). The van der Waals surface area contributed by atoms with Crippen LogP contribution in [0.3, 0.4) is 0 Å². The predicted octanol–water partition coefficient (Wildman–Crippen LogP) is 0.333. The lowest BCUT2D eigenvalue weighted by Crippen LogP contribution is -2.41. The summed E-state index contributed by atoms with van der Waals surface area (Å²) in [6.07, 6.45) is 1.46. The average molecular weight is 371 g/mol. The van der Waals surface area contributed by atoms with Crippen LogP contribution < -0.4 is 10.5 Å². The van der Waals surface area contributed by atoms with E-state index in [0.717, 1.165) is 4.90 Å². The van der Waals surface area contributed by atoms with Gasteiger partial charge >= 0.3 is 5.97 Å². The van der Waals surface area contributed by atoms with Crippen LogP contribution in [0.2, 0.25) is 0 Å². The van der Waals surface area contributed by atoms with Crippen LogP contribution in [-0.2, 0) is 9.59 Å². The molecule has 0 spiro atoms. The molecule has 0 aliphatic carbocycles. The maximum absolute atomic E-state index is 12.7. The zero-order valence-corrected chi connectivity index (χ0v) is 14.4. The highest BCUT2D eigenvalue weighted by molar-refractivity contribution is 6.09. The highest BCUT2D eigenvalue weighted by Gasteiger charge is 2.23. The molecule has 0 saturated heterocycles. The number of aromatic nitrogens is 1. The van der Waals surface area contributed by atoms with E-state index in [-0.39, 0.29) is 22.6 Å². The first-order valence-electron chi connectivity index (χ1n) is 7.76. The minimum atomic E-state index is -1.31. The molecule has 3 N–H and O–H groups in total. The maximum Gasteiger partial charge on any atom is 0.323 e. The fourth-order valence-electron chi connectivity index (χ4n) is 2.35. The van der Waals surface area contributed by atoms with Crippen molar-refractivity contribution >= 4 is 23.6 Å². The molecule has 27 heavy (non-hydrogen) atoms. The molecule has 2 aromatic rings. The fraction of sp³-hybridized carbons (Fsp3) is 0.167. The number of ketones is 1. The Bertz CT molecular complexity index is 866. The monoisotopic (exact) mass is 371 g/mol. The number of hydrogen-bond donors (Lipinski definition) is 2. The zero-order chi connectivity index (χ0) is 20.0. The molecule has 1 aromatic heterocycles. The number of nitrogens with two attached hydrogens (primary N) is 1. The van der Waals surface area contributed by atoms with Gasteiger partial charge in [0.15, 0.2) is 0 Å². The second kappa shape index (κ2) is 8.56. The standard InChI is InChI=1S/C18H17N3O6/c1-27-13-7-11(17(25)14-4-2-3-5-20-14)6-12(8-13)18(26)21(9-15(19)22)10-16(23)24/h2-8H,9-10H2,1H3,(H2,19,22)(H,23,24). The molecule has 0 aliphatic heterocycles. The van der Waals surface area contributed by atoms with E-state index in [2.05, 4.69) is 4.98 Å². The highest BCUT2D eigenvalue weighted by atomic mass is 16.5. The van der Waals surface area contributed by atoms with Gasteiger partial charge in [-0.25, -0.2) is 0 Å². The SMILES string of the molecule is COc1cc(C(=O)c2ccccn2)cc(C(=O)N(CC(N)=O)CC(=O)O)c1. The number of benzene rings is 1. The molecule has 9 heteroatoms. The Hall–Kier alpha value is -3.75. The van der Waals surface area contributed by atoms with Crippen molar-refractivity contribution in [2.24, 2.45) is 5.73 Å². The van der Waals surface area contributed by atoms with Crippen molar-refractivity contribution in [2.45, 2.75) is 0 Å². The van der Waals surface area contributed by atoms with Crippen LogP contribution in [0.25, 0.3) is 0 Å². The van der Waals surface area contributed by atoms with E-state index >= 15 is 0 Å². The second-order valence-electron chi connectivity index (χ2n) is 5.52. The van der Waals surface area contributed by atoms with Crippen LogP contribution in [0.1, 0.15) is 26.4 Å². The van der Waals surface area contributed by atoms with Gasteiger partial charge in [0.1, 0.15) is 24.5 Å². The third-order valence-corrected chi connectivity index (χ3v) is 3.51. The van der Waals surface area contributed by atoms with Crippen LogP contribution >= 0.6 is 0 Å². The summed E-state index contributed by atoms with van der Waals surface area (Å²) >= 11 is 0. The van der Waals surface area contributed by atoms with Crippen molar-refractivity contribution in [1.82, 2.24) is 9.88 Å². The molecule has 0 aliphatic rings. The number of methoxy groups -OCH3 is 1. The largest absolute Gasteiger partial charge is 0.497 e. The first-order chi connectivity index (χ1) is 12.8. The van der Waals surface area contributed by atoms with Gasteiger partial charge < -0.3 is 20.5 Å². The van der Waals surface area contributed by atoms with Crippen LogP contribution in [-0.4, -0.2) is 58.8 Å². The predicted molar refractivity (Wildman–Crippen MR) is 93.4 cm³/mol. The number of nitrogens with zero attached hydrogens (tertiary/aromatic N) is 2. The summed E-state index contributed by atoms with van der Waals surface area (Å²) in [5.74, 6) is -3.17. The first-order valence-corrected chi connectivity index (χ1v) is 7.76. The topological polar surface area (TPSA) is 140 Å². The minimum absolute atomic E-state index is 0.0175. The first kappa shape index (κ1) is 19.6. The third kappa shape index (κ3) is 5.11. The van der Waals surface area contributed by atoms with Gasteiger partial charge in [-0.2, -0.15) is 0 Å². The lowest BCUT2D eigenvalue weighted by Gasteiger charge is -2.19. The maximum atomic E-state index is 12.7. The average Bonchev–Trinajstić information content (AvgIpc) is 2.65. The number of aliphatic carboxylic acids is 1. The summed E-state index contributed by atoms with van der Waals surface area (Å²) in [7, 11) is 1.36.